The molecule has 162 valence electrons. The van der Waals surface area contributed by atoms with Crippen molar-refractivity contribution in [1.29, 1.82) is 0 Å². The third-order valence-corrected chi connectivity index (χ3v) is 6.04. The Morgan fingerprint density at radius 2 is 1.67 bits per heavy atom. The molecule has 0 aliphatic carbocycles. The molecule has 0 bridgehead atoms. The third-order valence-electron chi connectivity index (χ3n) is 4.21. The van der Waals surface area contributed by atoms with Crippen molar-refractivity contribution in [3.05, 3.63) is 58.4 Å². The van der Waals surface area contributed by atoms with Crippen molar-refractivity contribution in [2.24, 2.45) is 0 Å². The minimum absolute atomic E-state index is 0.0267. The Bertz CT molecular complexity index is 1080. The van der Waals surface area contributed by atoms with Crippen LogP contribution < -0.4 is 9.64 Å². The summed E-state index contributed by atoms with van der Waals surface area (Å²) in [6, 6.07) is 4.13. The number of ether oxygens (including phenoxy) is 1. The van der Waals surface area contributed by atoms with E-state index in [9.17, 15) is 31.5 Å². The van der Waals surface area contributed by atoms with Crippen molar-refractivity contribution in [2.75, 3.05) is 4.90 Å². The summed E-state index contributed by atoms with van der Waals surface area (Å²) in [5.74, 6) is -14.5. The second-order valence-electron chi connectivity index (χ2n) is 5.94. The molecule has 1 atom stereocenters. The van der Waals surface area contributed by atoms with E-state index >= 15 is 0 Å². The summed E-state index contributed by atoms with van der Waals surface area (Å²) >= 11 is -2.38. The summed E-state index contributed by atoms with van der Waals surface area (Å²) in [6.07, 6.45) is -1.19. The molecule has 1 heterocycles. The number of para-hydroxylation sites is 1. The van der Waals surface area contributed by atoms with Crippen molar-refractivity contribution in [3.8, 4) is 5.75 Å². The number of nitrogens with zero attached hydrogens (tertiary/aromatic N) is 1. The van der Waals surface area contributed by atoms with Crippen molar-refractivity contribution in [1.82, 2.24) is 0 Å². The maximum atomic E-state index is 14.2. The molecular weight excluding hydrogens is 545 g/mol. The molecular formula is C18H10Cl2F5NO3Ru. The first kappa shape index (κ1) is 22.8. The number of fused-ring (bicyclic) bond motifs is 1. The van der Waals surface area contributed by atoms with Gasteiger partial charge in [-0.2, -0.15) is 0 Å². The van der Waals surface area contributed by atoms with Gasteiger partial charge in [0.2, 0.25) is 0 Å². The monoisotopic (exact) mass is 555 g/mol. The van der Waals surface area contributed by atoms with Gasteiger partial charge in [0.1, 0.15) is 0 Å². The summed E-state index contributed by atoms with van der Waals surface area (Å²) in [5, 5.41) is 0. The van der Waals surface area contributed by atoms with Crippen LogP contribution in [0.4, 0.5) is 27.6 Å². The fraction of sp³-hybridized carbons (Fsp3) is 0.167. The zero-order chi connectivity index (χ0) is 22.3. The van der Waals surface area contributed by atoms with E-state index in [-0.39, 0.29) is 17.9 Å². The number of carbonyl (C=O) groups is 2. The van der Waals surface area contributed by atoms with E-state index in [0.717, 1.165) is 0 Å². The van der Waals surface area contributed by atoms with Gasteiger partial charge in [-0.25, -0.2) is 0 Å². The number of hydrogen-bond acceptors (Lipinski definition) is 3. The fourth-order valence-corrected chi connectivity index (χ4v) is 4.62. The van der Waals surface area contributed by atoms with E-state index < -0.39 is 66.1 Å². The van der Waals surface area contributed by atoms with Crippen LogP contribution in [0.2, 0.25) is 0 Å². The van der Waals surface area contributed by atoms with Gasteiger partial charge in [0.05, 0.1) is 0 Å². The molecule has 0 saturated carbocycles. The number of rotatable bonds is 3. The predicted octanol–water partition coefficient (Wildman–Crippen LogP) is 4.80. The summed E-state index contributed by atoms with van der Waals surface area (Å²) in [5.41, 5.74) is -1.67. The summed E-state index contributed by atoms with van der Waals surface area (Å²) in [6.45, 7) is 1.54. The molecule has 30 heavy (non-hydrogen) atoms. The zero-order valence-electron chi connectivity index (χ0n) is 14.8. The Kier molecular flexibility index (Phi) is 6.60. The van der Waals surface area contributed by atoms with Gasteiger partial charge in [-0.3, -0.25) is 0 Å². The average molecular weight is 555 g/mol. The molecule has 0 saturated heterocycles. The van der Waals surface area contributed by atoms with Crippen molar-refractivity contribution >= 4 is 41.5 Å². The maximum absolute atomic E-state index is 14.2. The van der Waals surface area contributed by atoms with Gasteiger partial charge in [0.15, 0.2) is 0 Å². The van der Waals surface area contributed by atoms with Gasteiger partial charge in [0.25, 0.3) is 0 Å². The Morgan fingerprint density at radius 3 is 2.20 bits per heavy atom. The number of benzene rings is 2. The van der Waals surface area contributed by atoms with Crippen LogP contribution in [-0.4, -0.2) is 22.5 Å². The summed E-state index contributed by atoms with van der Waals surface area (Å²) < 4.78 is 76.0. The van der Waals surface area contributed by atoms with Crippen molar-refractivity contribution in [2.45, 2.75) is 19.4 Å². The summed E-state index contributed by atoms with van der Waals surface area (Å²) in [7, 11) is 11.7. The van der Waals surface area contributed by atoms with Crippen LogP contribution >= 0.6 is 19.4 Å². The van der Waals surface area contributed by atoms with E-state index in [1.807, 2.05) is 0 Å². The van der Waals surface area contributed by atoms with Crippen LogP contribution in [0.1, 0.15) is 29.3 Å². The van der Waals surface area contributed by atoms with Crippen LogP contribution in [0.3, 0.4) is 0 Å². The molecule has 0 spiro atoms. The molecule has 0 fully saturated rings. The van der Waals surface area contributed by atoms with Gasteiger partial charge in [-0.1, -0.05) is 0 Å². The van der Waals surface area contributed by atoms with E-state index in [1.165, 1.54) is 22.8 Å². The molecule has 2 amide bonds. The Balaban J connectivity index is 2.26. The Hall–Kier alpha value is -1.90. The first-order valence-electron chi connectivity index (χ1n) is 8.12. The molecule has 0 radical (unpaired) electrons. The van der Waals surface area contributed by atoms with Crippen molar-refractivity contribution in [3.63, 3.8) is 0 Å². The molecule has 4 nitrogen and oxygen atoms in total. The van der Waals surface area contributed by atoms with Gasteiger partial charge in [0, 0.05) is 0 Å². The van der Waals surface area contributed by atoms with Crippen LogP contribution in [0.5, 0.6) is 5.75 Å². The van der Waals surface area contributed by atoms with Crippen LogP contribution in [0, 0.1) is 29.1 Å². The predicted molar refractivity (Wildman–Crippen MR) is 96.1 cm³/mol. The fourth-order valence-electron chi connectivity index (χ4n) is 2.84. The van der Waals surface area contributed by atoms with Gasteiger partial charge < -0.3 is 0 Å². The van der Waals surface area contributed by atoms with E-state index in [2.05, 4.69) is 0 Å². The van der Waals surface area contributed by atoms with Gasteiger partial charge >= 0.3 is 180 Å². The minimum atomic E-state index is -2.42. The van der Waals surface area contributed by atoms with E-state index in [4.69, 9.17) is 24.1 Å². The Morgan fingerprint density at radius 1 is 1.10 bits per heavy atom. The number of imide groups is 1. The molecule has 2 aromatic carbocycles. The number of amides is 2. The number of hydrogen-bond donors (Lipinski definition) is 0. The first-order valence-corrected chi connectivity index (χ1v) is 13.6. The molecule has 1 unspecified atom stereocenters. The standard InChI is InChI=1S/C18H10F5NO3.2ClH.Ru/c1-3-9-17(25)24(8-6-4-5-7(2)16(8)27-9)18(26)10-11(19)13(21)15(23)14(22)12(10)20;;;/h2,4-6,9H,3H2,1H3;2*1H;/q;;;+2/p-2. The quantitative estimate of drug-likeness (QED) is 0.180. The molecule has 1 aliphatic rings. The summed E-state index contributed by atoms with van der Waals surface area (Å²) in [4.78, 5) is 26.0. The zero-order valence-corrected chi connectivity index (χ0v) is 18.0. The van der Waals surface area contributed by atoms with Gasteiger partial charge in [-0.05, 0) is 0 Å². The second kappa shape index (κ2) is 8.69. The van der Waals surface area contributed by atoms with Crippen LogP contribution in [-0.2, 0) is 18.3 Å². The molecule has 0 aromatic heterocycles. The Labute approximate surface area is 179 Å². The first-order chi connectivity index (χ1) is 14.1. The number of halogens is 7. The second-order valence-corrected chi connectivity index (χ2v) is 11.7. The molecule has 3 rings (SSSR count). The average Bonchev–Trinajstić information content (AvgIpc) is 2.70. The SMILES string of the molecule is CCC1Oc2c([CH]=[Ru]([Cl])[Cl])cccc2N(C(=O)c2c(F)c(F)c(F)c(F)c2F)C1=O. The number of carbonyl (C=O) groups excluding carboxylic acids is 2. The molecule has 2 aromatic rings. The van der Waals surface area contributed by atoms with Crippen LogP contribution in [0.25, 0.3) is 0 Å². The molecule has 1 aliphatic heterocycles. The van der Waals surface area contributed by atoms with E-state index in [0.29, 0.717) is 10.5 Å². The molecule has 12 heteroatoms. The normalized spacial score (nSPS) is 16.1. The third kappa shape index (κ3) is 3.76. The molecule has 0 N–H and O–H groups in total. The van der Waals surface area contributed by atoms with E-state index in [1.54, 1.807) is 6.92 Å². The van der Waals surface area contributed by atoms with Crippen molar-refractivity contribution < 1.29 is 49.8 Å². The topological polar surface area (TPSA) is 46.6 Å². The van der Waals surface area contributed by atoms with Gasteiger partial charge in [-0.15, -0.1) is 0 Å². The van der Waals surface area contributed by atoms with Crippen LogP contribution in [0.15, 0.2) is 18.2 Å². The number of anilines is 1.